The summed E-state index contributed by atoms with van der Waals surface area (Å²) in [5.74, 6) is -1.00. The maximum absolute atomic E-state index is 12.5. The number of benzene rings is 2. The topological polar surface area (TPSA) is 99.3 Å². The van der Waals surface area contributed by atoms with Gasteiger partial charge in [0.05, 0.1) is 6.54 Å². The van der Waals surface area contributed by atoms with E-state index in [1.165, 1.54) is 0 Å². The van der Waals surface area contributed by atoms with Crippen molar-refractivity contribution in [2.75, 3.05) is 17.2 Å². The third-order valence-corrected chi connectivity index (χ3v) is 4.64. The Bertz CT molecular complexity index is 871. The minimum atomic E-state index is -0.792. The van der Waals surface area contributed by atoms with E-state index in [-0.39, 0.29) is 18.4 Å². The molecule has 0 aromatic heterocycles. The highest BCUT2D eigenvalue weighted by Crippen LogP contribution is 2.22. The van der Waals surface area contributed by atoms with Crippen LogP contribution in [0.5, 0.6) is 0 Å². The summed E-state index contributed by atoms with van der Waals surface area (Å²) in [6.07, 6.45) is 0. The minimum absolute atomic E-state index is 0.172. The Balaban J connectivity index is 1.89. The molecule has 2 rings (SSSR count). The van der Waals surface area contributed by atoms with Crippen LogP contribution in [0.3, 0.4) is 0 Å². The number of nitrogens with one attached hydrogen (secondary N) is 4. The molecular formula is C21H25ClN4O3. The van der Waals surface area contributed by atoms with Gasteiger partial charge in [-0.2, -0.15) is 0 Å². The lowest BCUT2D eigenvalue weighted by Crippen LogP contribution is -2.52. The number of hydrogen-bond donors (Lipinski definition) is 4. The Morgan fingerprint density at radius 1 is 0.966 bits per heavy atom. The number of urea groups is 1. The van der Waals surface area contributed by atoms with Crippen molar-refractivity contribution >= 4 is 40.8 Å². The molecule has 0 bridgehead atoms. The highest BCUT2D eigenvalue weighted by molar-refractivity contribution is 6.31. The van der Waals surface area contributed by atoms with E-state index in [0.717, 1.165) is 5.56 Å². The molecule has 2 aromatic rings. The second-order valence-electron chi connectivity index (χ2n) is 6.86. The molecule has 0 heterocycles. The summed E-state index contributed by atoms with van der Waals surface area (Å²) in [5, 5.41) is 11.1. The van der Waals surface area contributed by atoms with Crippen molar-refractivity contribution in [3.05, 3.63) is 59.1 Å². The zero-order valence-electron chi connectivity index (χ0n) is 16.6. The fraction of sp³-hybridized carbons (Fsp3) is 0.286. The summed E-state index contributed by atoms with van der Waals surface area (Å²) < 4.78 is 0. The lowest BCUT2D eigenvalue weighted by molar-refractivity contribution is -0.126. The number of halogens is 1. The molecule has 0 saturated carbocycles. The first kappa shape index (κ1) is 22.2. The molecule has 1 atom stereocenters. The van der Waals surface area contributed by atoms with Gasteiger partial charge in [-0.25, -0.2) is 4.79 Å². The predicted molar refractivity (Wildman–Crippen MR) is 115 cm³/mol. The molecule has 2 aromatic carbocycles. The average Bonchev–Trinajstić information content (AvgIpc) is 2.68. The number of carbonyl (C=O) groups is 3. The van der Waals surface area contributed by atoms with Gasteiger partial charge in [0.15, 0.2) is 0 Å². The highest BCUT2D eigenvalue weighted by atomic mass is 35.5. The van der Waals surface area contributed by atoms with Crippen LogP contribution in [-0.2, 0) is 9.59 Å². The molecular weight excluding hydrogens is 392 g/mol. The molecule has 0 aliphatic rings. The fourth-order valence-corrected chi connectivity index (χ4v) is 2.75. The van der Waals surface area contributed by atoms with Crippen molar-refractivity contribution < 1.29 is 14.4 Å². The molecule has 0 unspecified atom stereocenters. The molecule has 0 fully saturated rings. The van der Waals surface area contributed by atoms with Crippen LogP contribution >= 0.6 is 11.6 Å². The number of carbonyl (C=O) groups excluding carboxylic acids is 3. The van der Waals surface area contributed by atoms with Gasteiger partial charge in [0.25, 0.3) is 0 Å². The van der Waals surface area contributed by atoms with Gasteiger partial charge < -0.3 is 21.3 Å². The van der Waals surface area contributed by atoms with Gasteiger partial charge in [-0.05, 0) is 42.7 Å². The van der Waals surface area contributed by atoms with E-state index < -0.39 is 18.0 Å². The lowest BCUT2D eigenvalue weighted by atomic mass is 10.0. The fourth-order valence-electron chi connectivity index (χ4n) is 2.58. The maximum atomic E-state index is 12.5. The van der Waals surface area contributed by atoms with Crippen molar-refractivity contribution in [1.29, 1.82) is 0 Å². The molecule has 0 saturated heterocycles. The highest BCUT2D eigenvalue weighted by Gasteiger charge is 2.24. The molecule has 4 N–H and O–H groups in total. The molecule has 4 amide bonds. The van der Waals surface area contributed by atoms with Gasteiger partial charge in [-0.15, -0.1) is 0 Å². The van der Waals surface area contributed by atoms with Crippen molar-refractivity contribution in [2.45, 2.75) is 26.8 Å². The summed E-state index contributed by atoms with van der Waals surface area (Å²) in [7, 11) is 0. The number of hydrogen-bond acceptors (Lipinski definition) is 3. The van der Waals surface area contributed by atoms with Crippen LogP contribution in [0.2, 0.25) is 5.02 Å². The number of rotatable bonds is 7. The second-order valence-corrected chi connectivity index (χ2v) is 7.27. The normalized spacial score (nSPS) is 11.5. The molecule has 0 aliphatic carbocycles. The molecule has 8 heteroatoms. The van der Waals surface area contributed by atoms with Gasteiger partial charge >= 0.3 is 6.03 Å². The van der Waals surface area contributed by atoms with E-state index in [0.29, 0.717) is 16.4 Å². The van der Waals surface area contributed by atoms with Gasteiger partial charge in [0.2, 0.25) is 11.8 Å². The van der Waals surface area contributed by atoms with Crippen molar-refractivity contribution in [3.8, 4) is 0 Å². The zero-order chi connectivity index (χ0) is 21.4. The third-order valence-electron chi connectivity index (χ3n) is 4.23. The Morgan fingerprint density at radius 3 is 2.31 bits per heavy atom. The molecule has 0 radical (unpaired) electrons. The van der Waals surface area contributed by atoms with Crippen LogP contribution in [0.4, 0.5) is 16.2 Å². The Morgan fingerprint density at radius 2 is 1.66 bits per heavy atom. The van der Waals surface area contributed by atoms with Crippen molar-refractivity contribution in [3.63, 3.8) is 0 Å². The van der Waals surface area contributed by atoms with Gasteiger partial charge in [-0.1, -0.05) is 49.7 Å². The van der Waals surface area contributed by atoms with Crippen LogP contribution in [0, 0.1) is 12.8 Å². The van der Waals surface area contributed by atoms with E-state index in [1.807, 2.05) is 19.9 Å². The molecule has 0 spiro atoms. The van der Waals surface area contributed by atoms with Crippen LogP contribution in [0.25, 0.3) is 0 Å². The average molecular weight is 417 g/mol. The first-order valence-electron chi connectivity index (χ1n) is 9.23. The monoisotopic (exact) mass is 416 g/mol. The van der Waals surface area contributed by atoms with Crippen LogP contribution in [0.15, 0.2) is 48.5 Å². The van der Waals surface area contributed by atoms with E-state index in [1.54, 1.807) is 49.4 Å². The summed E-state index contributed by atoms with van der Waals surface area (Å²) >= 11 is 6.04. The van der Waals surface area contributed by atoms with Crippen molar-refractivity contribution in [1.82, 2.24) is 10.6 Å². The van der Waals surface area contributed by atoms with Gasteiger partial charge in [0, 0.05) is 16.4 Å². The van der Waals surface area contributed by atoms with Crippen LogP contribution in [0.1, 0.15) is 19.4 Å². The minimum Gasteiger partial charge on any atom is -0.345 e. The summed E-state index contributed by atoms with van der Waals surface area (Å²) in [5.41, 5.74) is 1.94. The number of amides is 4. The summed E-state index contributed by atoms with van der Waals surface area (Å²) in [6, 6.07) is 12.8. The van der Waals surface area contributed by atoms with Crippen LogP contribution < -0.4 is 21.3 Å². The SMILES string of the molecule is Cc1c(Cl)cccc1NC(=O)CNC(=O)[C@@H](NC(=O)Nc1ccccc1)C(C)C. The first-order chi connectivity index (χ1) is 13.8. The standard InChI is InChI=1S/C21H25ClN4O3/c1-13(2)19(26-21(29)24-15-8-5-4-6-9-15)20(28)23-12-18(27)25-17-11-7-10-16(22)14(17)3/h4-11,13,19H,12H2,1-3H3,(H,23,28)(H,25,27)(H2,24,26,29)/t19-/m0/s1. The van der Waals surface area contributed by atoms with Crippen molar-refractivity contribution in [2.24, 2.45) is 5.92 Å². The van der Waals surface area contributed by atoms with E-state index in [2.05, 4.69) is 21.3 Å². The lowest BCUT2D eigenvalue weighted by Gasteiger charge is -2.22. The summed E-state index contributed by atoms with van der Waals surface area (Å²) in [4.78, 5) is 36.8. The molecule has 0 aliphatic heterocycles. The van der Waals surface area contributed by atoms with E-state index in [9.17, 15) is 14.4 Å². The second kappa shape index (κ2) is 10.5. The molecule has 29 heavy (non-hydrogen) atoms. The quantitative estimate of drug-likeness (QED) is 0.555. The van der Waals surface area contributed by atoms with E-state index in [4.69, 9.17) is 11.6 Å². The number of para-hydroxylation sites is 1. The van der Waals surface area contributed by atoms with Gasteiger partial charge in [-0.3, -0.25) is 9.59 Å². The zero-order valence-corrected chi connectivity index (χ0v) is 17.3. The molecule has 154 valence electrons. The maximum Gasteiger partial charge on any atom is 0.319 e. The third kappa shape index (κ3) is 6.80. The number of anilines is 2. The Labute approximate surface area is 175 Å². The molecule has 7 nitrogen and oxygen atoms in total. The Kier molecular flexibility index (Phi) is 8.03. The first-order valence-corrected chi connectivity index (χ1v) is 9.61. The smallest absolute Gasteiger partial charge is 0.319 e. The predicted octanol–water partition coefficient (Wildman–Crippen LogP) is 3.55. The van der Waals surface area contributed by atoms with Gasteiger partial charge in [0.1, 0.15) is 6.04 Å². The Hall–Kier alpha value is -3.06. The largest absolute Gasteiger partial charge is 0.345 e. The van der Waals surface area contributed by atoms with Crippen LogP contribution in [-0.4, -0.2) is 30.4 Å². The summed E-state index contributed by atoms with van der Waals surface area (Å²) in [6.45, 7) is 5.18. The van der Waals surface area contributed by atoms with E-state index >= 15 is 0 Å².